The second-order valence-corrected chi connectivity index (χ2v) is 6.13. The van der Waals surface area contributed by atoms with E-state index in [1.807, 2.05) is 60.7 Å². The molecule has 6 heteroatoms. The minimum Gasteiger partial charge on any atom is -0.457 e. The second kappa shape index (κ2) is 11.3. The molecule has 0 aliphatic heterocycles. The number of para-hydroxylation sites is 1. The van der Waals surface area contributed by atoms with Gasteiger partial charge in [0.15, 0.2) is 5.96 Å². The number of nitrogens with one attached hydrogen (secondary N) is 2. The molecular formula is C22H25IN4O. The number of guanidine groups is 1. The highest BCUT2D eigenvalue weighted by Crippen LogP contribution is 2.25. The van der Waals surface area contributed by atoms with Crippen LogP contribution in [0, 0.1) is 6.92 Å². The molecule has 3 rings (SSSR count). The average Bonchev–Trinajstić information content (AvgIpc) is 2.70. The lowest BCUT2D eigenvalue weighted by molar-refractivity contribution is 0.475. The normalized spacial score (nSPS) is 10.7. The number of pyridine rings is 1. The van der Waals surface area contributed by atoms with Gasteiger partial charge in [-0.05, 0) is 42.8 Å². The Morgan fingerprint density at radius 3 is 2.50 bits per heavy atom. The van der Waals surface area contributed by atoms with Crippen molar-refractivity contribution in [3.8, 4) is 11.5 Å². The van der Waals surface area contributed by atoms with E-state index >= 15 is 0 Å². The van der Waals surface area contributed by atoms with Gasteiger partial charge in [0.1, 0.15) is 11.5 Å². The van der Waals surface area contributed by atoms with Crippen molar-refractivity contribution >= 4 is 29.9 Å². The van der Waals surface area contributed by atoms with Crippen LogP contribution in [0.1, 0.15) is 16.8 Å². The minimum atomic E-state index is 0. The van der Waals surface area contributed by atoms with Crippen molar-refractivity contribution in [3.63, 3.8) is 0 Å². The average molecular weight is 488 g/mol. The molecule has 0 saturated heterocycles. The fourth-order valence-electron chi connectivity index (χ4n) is 2.63. The van der Waals surface area contributed by atoms with Crippen LogP contribution in [-0.2, 0) is 13.1 Å². The molecule has 0 atom stereocenters. The molecule has 0 amide bonds. The first-order chi connectivity index (χ1) is 13.2. The van der Waals surface area contributed by atoms with Gasteiger partial charge in [0.05, 0.1) is 12.2 Å². The summed E-state index contributed by atoms with van der Waals surface area (Å²) in [6.45, 7) is 3.27. The Labute approximate surface area is 183 Å². The summed E-state index contributed by atoms with van der Waals surface area (Å²) in [5.41, 5.74) is 3.19. The number of nitrogens with zero attached hydrogens (tertiary/aromatic N) is 2. The first-order valence-electron chi connectivity index (χ1n) is 8.91. The van der Waals surface area contributed by atoms with Gasteiger partial charge < -0.3 is 15.4 Å². The Bertz CT molecular complexity index is 900. The monoisotopic (exact) mass is 488 g/mol. The maximum atomic E-state index is 6.08. The Morgan fingerprint density at radius 1 is 0.964 bits per heavy atom. The van der Waals surface area contributed by atoms with E-state index < -0.39 is 0 Å². The third-order valence-corrected chi connectivity index (χ3v) is 4.02. The molecule has 0 bridgehead atoms. The van der Waals surface area contributed by atoms with Crippen LogP contribution >= 0.6 is 24.0 Å². The van der Waals surface area contributed by atoms with Gasteiger partial charge in [0.25, 0.3) is 0 Å². The Kier molecular flexibility index (Phi) is 8.74. The highest BCUT2D eigenvalue weighted by atomic mass is 127. The number of aliphatic imine (C=N–C) groups is 1. The van der Waals surface area contributed by atoms with Crippen LogP contribution in [0.2, 0.25) is 0 Å². The van der Waals surface area contributed by atoms with E-state index in [9.17, 15) is 0 Å². The van der Waals surface area contributed by atoms with Crippen molar-refractivity contribution in [3.05, 3.63) is 89.7 Å². The zero-order chi connectivity index (χ0) is 18.9. The number of benzene rings is 2. The summed E-state index contributed by atoms with van der Waals surface area (Å²) in [5.74, 6) is 2.38. The van der Waals surface area contributed by atoms with E-state index in [2.05, 4.69) is 33.6 Å². The molecule has 2 N–H and O–H groups in total. The van der Waals surface area contributed by atoms with Crippen LogP contribution in [-0.4, -0.2) is 18.0 Å². The lowest BCUT2D eigenvalue weighted by Gasteiger charge is -2.15. The zero-order valence-corrected chi connectivity index (χ0v) is 18.4. The first-order valence-corrected chi connectivity index (χ1v) is 8.91. The molecule has 0 aliphatic carbocycles. The molecule has 2 aromatic carbocycles. The maximum absolute atomic E-state index is 6.08. The third-order valence-electron chi connectivity index (χ3n) is 4.02. The van der Waals surface area contributed by atoms with Gasteiger partial charge in [0, 0.05) is 25.4 Å². The van der Waals surface area contributed by atoms with Crippen LogP contribution < -0.4 is 15.4 Å². The molecule has 0 radical (unpaired) electrons. The SMILES string of the molecule is CN=C(NCc1ccccn1)NCc1ccccc1Oc1cccc(C)c1.I. The summed E-state index contributed by atoms with van der Waals surface area (Å²) in [5, 5.41) is 6.59. The third kappa shape index (κ3) is 6.53. The fourth-order valence-corrected chi connectivity index (χ4v) is 2.63. The zero-order valence-electron chi connectivity index (χ0n) is 16.1. The van der Waals surface area contributed by atoms with Crippen molar-refractivity contribution < 1.29 is 4.74 Å². The number of halogens is 1. The number of ether oxygens (including phenoxy) is 1. The lowest BCUT2D eigenvalue weighted by Crippen LogP contribution is -2.36. The predicted molar refractivity (Wildman–Crippen MR) is 124 cm³/mol. The van der Waals surface area contributed by atoms with Gasteiger partial charge in [-0.25, -0.2) is 0 Å². The topological polar surface area (TPSA) is 58.5 Å². The van der Waals surface area contributed by atoms with Crippen LogP contribution in [0.4, 0.5) is 0 Å². The number of rotatable bonds is 6. The van der Waals surface area contributed by atoms with Crippen molar-refractivity contribution in [2.24, 2.45) is 4.99 Å². The van der Waals surface area contributed by atoms with Gasteiger partial charge in [-0.15, -0.1) is 24.0 Å². The number of hydrogen-bond acceptors (Lipinski definition) is 3. The Balaban J connectivity index is 0.00000280. The molecule has 0 aliphatic rings. The molecule has 3 aromatic rings. The Hall–Kier alpha value is -2.61. The summed E-state index contributed by atoms with van der Waals surface area (Å²) in [7, 11) is 1.75. The van der Waals surface area contributed by atoms with E-state index in [4.69, 9.17) is 4.74 Å². The van der Waals surface area contributed by atoms with Crippen molar-refractivity contribution in [2.45, 2.75) is 20.0 Å². The van der Waals surface area contributed by atoms with Gasteiger partial charge in [0.2, 0.25) is 0 Å². The minimum absolute atomic E-state index is 0. The molecule has 146 valence electrons. The van der Waals surface area contributed by atoms with E-state index in [0.717, 1.165) is 22.8 Å². The largest absolute Gasteiger partial charge is 0.457 e. The molecular weight excluding hydrogens is 463 g/mol. The van der Waals surface area contributed by atoms with Crippen LogP contribution in [0.5, 0.6) is 11.5 Å². The van der Waals surface area contributed by atoms with E-state index in [-0.39, 0.29) is 24.0 Å². The van der Waals surface area contributed by atoms with Crippen LogP contribution in [0.3, 0.4) is 0 Å². The van der Waals surface area contributed by atoms with Gasteiger partial charge >= 0.3 is 0 Å². The van der Waals surface area contributed by atoms with Crippen molar-refractivity contribution in [1.82, 2.24) is 15.6 Å². The highest BCUT2D eigenvalue weighted by molar-refractivity contribution is 14.0. The molecule has 1 aromatic heterocycles. The fraction of sp³-hybridized carbons (Fsp3) is 0.182. The molecule has 0 saturated carbocycles. The smallest absolute Gasteiger partial charge is 0.191 e. The number of hydrogen-bond donors (Lipinski definition) is 2. The van der Waals surface area contributed by atoms with E-state index in [1.165, 1.54) is 5.56 Å². The number of aromatic nitrogens is 1. The molecule has 1 heterocycles. The standard InChI is InChI=1S/C22H24N4O.HI/c1-17-8-7-11-20(14-17)27-21-12-4-3-9-18(21)15-25-22(23-2)26-16-19-10-5-6-13-24-19;/h3-14H,15-16H2,1-2H3,(H2,23,25,26);1H. The summed E-state index contributed by atoms with van der Waals surface area (Å²) in [6.07, 6.45) is 1.78. The molecule has 5 nitrogen and oxygen atoms in total. The lowest BCUT2D eigenvalue weighted by atomic mass is 10.2. The molecule has 0 unspecified atom stereocenters. The van der Waals surface area contributed by atoms with E-state index in [0.29, 0.717) is 19.0 Å². The van der Waals surface area contributed by atoms with Gasteiger partial charge in [-0.3, -0.25) is 9.98 Å². The van der Waals surface area contributed by atoms with E-state index in [1.54, 1.807) is 13.2 Å². The Morgan fingerprint density at radius 2 is 1.75 bits per heavy atom. The van der Waals surface area contributed by atoms with Crippen molar-refractivity contribution in [1.29, 1.82) is 0 Å². The summed E-state index contributed by atoms with van der Waals surface area (Å²) in [6, 6.07) is 21.9. The predicted octanol–water partition coefficient (Wildman–Crippen LogP) is 4.67. The van der Waals surface area contributed by atoms with Crippen LogP contribution in [0.25, 0.3) is 0 Å². The van der Waals surface area contributed by atoms with Crippen molar-refractivity contribution in [2.75, 3.05) is 7.05 Å². The van der Waals surface area contributed by atoms with Crippen LogP contribution in [0.15, 0.2) is 77.9 Å². The summed E-state index contributed by atoms with van der Waals surface area (Å²) < 4.78 is 6.08. The summed E-state index contributed by atoms with van der Waals surface area (Å²) in [4.78, 5) is 8.58. The first kappa shape index (κ1) is 21.7. The highest BCUT2D eigenvalue weighted by Gasteiger charge is 2.06. The quantitative estimate of drug-likeness (QED) is 0.301. The molecule has 0 fully saturated rings. The second-order valence-electron chi connectivity index (χ2n) is 6.13. The summed E-state index contributed by atoms with van der Waals surface area (Å²) >= 11 is 0. The maximum Gasteiger partial charge on any atom is 0.191 e. The van der Waals surface area contributed by atoms with Gasteiger partial charge in [-0.1, -0.05) is 36.4 Å². The molecule has 0 spiro atoms. The van der Waals surface area contributed by atoms with Gasteiger partial charge in [-0.2, -0.15) is 0 Å². The number of aryl methyl sites for hydroxylation is 1. The molecule has 28 heavy (non-hydrogen) atoms.